The molecule has 0 aliphatic heterocycles. The van der Waals surface area contributed by atoms with E-state index in [0.717, 1.165) is 6.07 Å². The number of hydrogen-bond acceptors (Lipinski definition) is 10. The summed E-state index contributed by atoms with van der Waals surface area (Å²) in [7, 11) is -17.4. The van der Waals surface area contributed by atoms with E-state index in [2.05, 4.69) is 0 Å². The second-order valence-electron chi connectivity index (χ2n) is 4.13. The molecular weight excluding hydrogens is 410 g/mol. The standard InChI is InChI=1S/C9H5NO12S3/c10-2-5(12)3-1-4(11)7(23(14,15)16)8(24(17,18)19)6(3)9(13)25(20,21)22/h1,11H,(H,14,15,16)(H,17,18,19)(H,20,21,22). The summed E-state index contributed by atoms with van der Waals surface area (Å²) in [6.07, 6.45) is 0. The van der Waals surface area contributed by atoms with Crippen LogP contribution in [0.15, 0.2) is 15.9 Å². The minimum Gasteiger partial charge on any atom is -0.506 e. The van der Waals surface area contributed by atoms with Crippen LogP contribution >= 0.6 is 0 Å². The average molecular weight is 415 g/mol. The van der Waals surface area contributed by atoms with Gasteiger partial charge in [0.2, 0.25) is 0 Å². The molecule has 0 saturated heterocycles. The highest BCUT2D eigenvalue weighted by Gasteiger charge is 2.40. The molecular formula is C9H5NO12S3. The van der Waals surface area contributed by atoms with E-state index < -0.39 is 67.9 Å². The molecule has 1 rings (SSSR count). The molecule has 16 heteroatoms. The van der Waals surface area contributed by atoms with Gasteiger partial charge in [-0.15, -0.1) is 0 Å². The van der Waals surface area contributed by atoms with Gasteiger partial charge in [0.15, 0.2) is 4.90 Å². The summed E-state index contributed by atoms with van der Waals surface area (Å²) in [5, 5.41) is 15.5. The smallest absolute Gasteiger partial charge is 0.333 e. The molecule has 1 aromatic rings. The topological polar surface area (TPSA) is 241 Å². The molecule has 0 aliphatic rings. The van der Waals surface area contributed by atoms with Crippen LogP contribution in [0.1, 0.15) is 20.7 Å². The number of ketones is 1. The van der Waals surface area contributed by atoms with Crippen LogP contribution in [0.5, 0.6) is 5.75 Å². The predicted molar refractivity (Wildman–Crippen MR) is 73.6 cm³/mol. The Bertz CT molecular complexity index is 1150. The van der Waals surface area contributed by atoms with Crippen molar-refractivity contribution in [1.82, 2.24) is 0 Å². The van der Waals surface area contributed by atoms with Crippen molar-refractivity contribution in [2.24, 2.45) is 0 Å². The molecule has 0 amide bonds. The van der Waals surface area contributed by atoms with Gasteiger partial charge in [-0.2, -0.15) is 30.5 Å². The highest BCUT2D eigenvalue weighted by molar-refractivity contribution is 8.01. The summed E-state index contributed by atoms with van der Waals surface area (Å²) in [5.74, 6) is -3.55. The van der Waals surface area contributed by atoms with Gasteiger partial charge in [-0.3, -0.25) is 23.2 Å². The minimum absolute atomic E-state index is 0.0122. The summed E-state index contributed by atoms with van der Waals surface area (Å²) in [4.78, 5) is 18.9. The normalized spacial score (nSPS) is 12.4. The first-order valence-electron chi connectivity index (χ1n) is 5.34. The van der Waals surface area contributed by atoms with Crippen molar-refractivity contribution in [3.63, 3.8) is 0 Å². The number of carbonyl (C=O) groups is 2. The van der Waals surface area contributed by atoms with Crippen molar-refractivity contribution in [1.29, 1.82) is 5.26 Å². The van der Waals surface area contributed by atoms with Crippen LogP contribution in [0, 0.1) is 11.3 Å². The average Bonchev–Trinajstić information content (AvgIpc) is 2.41. The van der Waals surface area contributed by atoms with E-state index in [9.17, 15) is 39.9 Å². The maximum absolute atomic E-state index is 11.7. The second kappa shape index (κ2) is 6.14. The van der Waals surface area contributed by atoms with E-state index in [1.807, 2.05) is 0 Å². The first-order valence-corrected chi connectivity index (χ1v) is 9.66. The number of rotatable bonds is 4. The molecule has 0 heterocycles. The quantitative estimate of drug-likeness (QED) is 0.252. The van der Waals surface area contributed by atoms with Crippen molar-refractivity contribution in [3.8, 4) is 11.8 Å². The number of Topliss-reactive ketones (excluding diaryl/α,β-unsaturated/α-hetero) is 1. The molecule has 4 N–H and O–H groups in total. The third-order valence-electron chi connectivity index (χ3n) is 2.52. The molecule has 1 aromatic carbocycles. The number of carbonyl (C=O) groups excluding carboxylic acids is 2. The lowest BCUT2D eigenvalue weighted by molar-refractivity contribution is 0.102. The van der Waals surface area contributed by atoms with Crippen molar-refractivity contribution >= 4 is 41.3 Å². The fraction of sp³-hybridized carbons (Fsp3) is 0. The number of nitrogens with zero attached hydrogens (tertiary/aromatic N) is 1. The largest absolute Gasteiger partial charge is 0.506 e. The Balaban J connectivity index is 4.46. The highest BCUT2D eigenvalue weighted by atomic mass is 32.2. The van der Waals surface area contributed by atoms with Crippen LogP contribution < -0.4 is 0 Å². The minimum atomic E-state index is -5.90. The fourth-order valence-electron chi connectivity index (χ4n) is 1.69. The van der Waals surface area contributed by atoms with Crippen molar-refractivity contribution in [3.05, 3.63) is 17.2 Å². The van der Waals surface area contributed by atoms with Gasteiger partial charge in [0.25, 0.3) is 26.0 Å². The van der Waals surface area contributed by atoms with Gasteiger partial charge in [0.1, 0.15) is 16.7 Å². The summed E-state index contributed by atoms with van der Waals surface area (Å²) in [6.45, 7) is 0. The van der Waals surface area contributed by atoms with E-state index in [-0.39, 0.29) is 6.07 Å². The van der Waals surface area contributed by atoms with Crippen LogP contribution in [-0.4, -0.2) is 54.9 Å². The molecule has 0 fully saturated rings. The maximum atomic E-state index is 11.7. The van der Waals surface area contributed by atoms with Crippen LogP contribution in [-0.2, 0) is 30.4 Å². The molecule has 13 nitrogen and oxygen atoms in total. The lowest BCUT2D eigenvalue weighted by Crippen LogP contribution is -2.23. The summed E-state index contributed by atoms with van der Waals surface area (Å²) >= 11 is 0. The highest BCUT2D eigenvalue weighted by Crippen LogP contribution is 2.36. The predicted octanol–water partition coefficient (Wildman–Crippen LogP) is -1.38. The number of aromatic hydroxyl groups is 1. The molecule has 0 unspecified atom stereocenters. The zero-order valence-corrected chi connectivity index (χ0v) is 13.8. The van der Waals surface area contributed by atoms with E-state index in [1.54, 1.807) is 0 Å². The first kappa shape index (κ1) is 20.6. The lowest BCUT2D eigenvalue weighted by atomic mass is 10.0. The van der Waals surface area contributed by atoms with Crippen LogP contribution in [0.25, 0.3) is 0 Å². The molecule has 0 bridgehead atoms. The number of phenols is 1. The molecule has 0 saturated carbocycles. The van der Waals surface area contributed by atoms with Gasteiger partial charge in [0, 0.05) is 0 Å². The van der Waals surface area contributed by atoms with Gasteiger partial charge in [-0.25, -0.2) is 0 Å². The van der Waals surface area contributed by atoms with Gasteiger partial charge in [-0.05, 0) is 6.07 Å². The Morgan fingerprint density at radius 2 is 1.36 bits per heavy atom. The van der Waals surface area contributed by atoms with E-state index in [4.69, 9.17) is 18.9 Å². The SMILES string of the molecule is N#CC(=O)c1cc(O)c(S(=O)(=O)O)c(S(=O)(=O)O)c1C(=O)S(=O)(=O)O. The Morgan fingerprint density at radius 1 is 0.920 bits per heavy atom. The monoisotopic (exact) mass is 415 g/mol. The Morgan fingerprint density at radius 3 is 1.68 bits per heavy atom. The number of nitriles is 1. The van der Waals surface area contributed by atoms with Crippen molar-refractivity contribution < 1.29 is 53.6 Å². The maximum Gasteiger partial charge on any atom is 0.333 e. The van der Waals surface area contributed by atoms with Gasteiger partial charge in [0.05, 0.1) is 11.1 Å². The number of phenolic OH excluding ortho intramolecular Hbond substituents is 1. The Labute approximate surface area is 139 Å². The Kier molecular flexibility index (Phi) is 5.07. The second-order valence-corrected chi connectivity index (χ2v) is 8.17. The van der Waals surface area contributed by atoms with Crippen LogP contribution in [0.2, 0.25) is 0 Å². The molecule has 0 radical (unpaired) electrons. The molecule has 0 spiro atoms. The zero-order chi connectivity index (χ0) is 20.0. The zero-order valence-electron chi connectivity index (χ0n) is 11.3. The third kappa shape index (κ3) is 3.98. The molecule has 25 heavy (non-hydrogen) atoms. The van der Waals surface area contributed by atoms with Gasteiger partial charge in [-0.1, -0.05) is 0 Å². The first-order chi connectivity index (χ1) is 11.0. The van der Waals surface area contributed by atoms with E-state index in [1.165, 1.54) is 0 Å². The van der Waals surface area contributed by atoms with Gasteiger partial charge < -0.3 is 5.11 Å². The number of benzene rings is 1. The molecule has 136 valence electrons. The van der Waals surface area contributed by atoms with Crippen LogP contribution in [0.3, 0.4) is 0 Å². The summed E-state index contributed by atoms with van der Waals surface area (Å²) in [6, 6.07) is 0.813. The fourth-order valence-corrected chi connectivity index (χ4v) is 4.32. The van der Waals surface area contributed by atoms with Crippen molar-refractivity contribution in [2.45, 2.75) is 9.79 Å². The van der Waals surface area contributed by atoms with Crippen LogP contribution in [0.4, 0.5) is 0 Å². The summed E-state index contributed by atoms with van der Waals surface area (Å²) < 4.78 is 94.1. The van der Waals surface area contributed by atoms with E-state index >= 15 is 0 Å². The van der Waals surface area contributed by atoms with E-state index in [0.29, 0.717) is 0 Å². The molecule has 0 aliphatic carbocycles. The molecule has 0 aromatic heterocycles. The Hall–Kier alpha value is -2.42. The van der Waals surface area contributed by atoms with Gasteiger partial charge >= 0.3 is 15.2 Å². The lowest BCUT2D eigenvalue weighted by Gasteiger charge is -2.13. The number of hydrogen-bond donors (Lipinski definition) is 4. The molecule has 0 atom stereocenters. The summed E-state index contributed by atoms with van der Waals surface area (Å²) in [5.41, 5.74) is -3.43. The third-order valence-corrected chi connectivity index (χ3v) is 5.17. The van der Waals surface area contributed by atoms with Crippen molar-refractivity contribution in [2.75, 3.05) is 0 Å².